The highest BCUT2D eigenvalue weighted by Gasteiger charge is 2.49. The van der Waals surface area contributed by atoms with E-state index in [1.165, 1.54) is 37.4 Å². The van der Waals surface area contributed by atoms with E-state index in [4.69, 9.17) is 16.3 Å². The molecule has 0 fully saturated rings. The van der Waals surface area contributed by atoms with E-state index in [0.717, 1.165) is 0 Å². The first-order valence-corrected chi connectivity index (χ1v) is 7.08. The summed E-state index contributed by atoms with van der Waals surface area (Å²) in [7, 11) is 1.38. The van der Waals surface area contributed by atoms with Crippen molar-refractivity contribution in [2.45, 2.75) is 12.5 Å². The molecule has 0 aliphatic carbocycles. The fourth-order valence-electron chi connectivity index (χ4n) is 2.09. The highest BCUT2D eigenvalue weighted by atomic mass is 35.5. The number of halogens is 1. The van der Waals surface area contributed by atoms with Gasteiger partial charge in [-0.05, 0) is 19.1 Å². The fourth-order valence-corrected chi connectivity index (χ4v) is 2.21. The van der Waals surface area contributed by atoms with Gasteiger partial charge in [0.2, 0.25) is 11.8 Å². The molecular weight excluding hydrogens is 338 g/mol. The number of anilines is 1. The third-order valence-electron chi connectivity index (χ3n) is 3.26. The van der Waals surface area contributed by atoms with Gasteiger partial charge in [-0.3, -0.25) is 0 Å². The number of aryl methyl sites for hydroxylation is 1. The molecule has 0 atom stereocenters. The van der Waals surface area contributed by atoms with E-state index in [1.54, 1.807) is 6.92 Å². The third-order valence-corrected chi connectivity index (χ3v) is 3.51. The molecule has 1 heterocycles. The highest BCUT2D eigenvalue weighted by molar-refractivity contribution is 6.30. The molecule has 126 valence electrons. The van der Waals surface area contributed by atoms with E-state index < -0.39 is 17.5 Å². The molecule has 24 heavy (non-hydrogen) atoms. The number of aromatic nitrogens is 2. The van der Waals surface area contributed by atoms with Crippen molar-refractivity contribution in [3.05, 3.63) is 46.6 Å². The minimum Gasteiger partial charge on any atom is -0.481 e. The van der Waals surface area contributed by atoms with Crippen LogP contribution in [-0.2, 0) is 15.1 Å². The van der Waals surface area contributed by atoms with E-state index in [9.17, 15) is 19.8 Å². The summed E-state index contributed by atoms with van der Waals surface area (Å²) < 4.78 is 4.99. The lowest BCUT2D eigenvalue weighted by atomic mass is 9.90. The lowest BCUT2D eigenvalue weighted by molar-refractivity contribution is -0.156. The van der Waals surface area contributed by atoms with Crippen LogP contribution in [0, 0.1) is 6.92 Å². The third kappa shape index (κ3) is 3.23. The Hall–Kier alpha value is -2.87. The van der Waals surface area contributed by atoms with Gasteiger partial charge in [0, 0.05) is 22.3 Å². The Kier molecular flexibility index (Phi) is 4.89. The van der Waals surface area contributed by atoms with E-state index in [2.05, 4.69) is 15.3 Å². The average Bonchev–Trinajstić information content (AvgIpc) is 2.52. The predicted molar refractivity (Wildman–Crippen MR) is 85.3 cm³/mol. The molecule has 0 aliphatic heterocycles. The number of hydrogen-bond donors (Lipinski definition) is 3. The second-order valence-electron chi connectivity index (χ2n) is 4.87. The number of carbonyl (C=O) groups is 2. The first-order valence-electron chi connectivity index (χ1n) is 6.70. The number of rotatable bonds is 6. The van der Waals surface area contributed by atoms with Gasteiger partial charge in [-0.25, -0.2) is 14.6 Å². The molecule has 0 radical (unpaired) electrons. The Balaban J connectivity index is 2.59. The molecule has 0 bridgehead atoms. The normalized spacial score (nSPS) is 11.0. The number of carboxylic acids is 2. The van der Waals surface area contributed by atoms with Gasteiger partial charge in [0.25, 0.3) is 5.54 Å². The van der Waals surface area contributed by atoms with Crippen LogP contribution in [0.2, 0.25) is 5.02 Å². The van der Waals surface area contributed by atoms with Gasteiger partial charge in [0.15, 0.2) is 0 Å². The Morgan fingerprint density at radius 1 is 1.17 bits per heavy atom. The molecule has 0 saturated carbocycles. The number of carboxylic acid groups (broad SMARTS) is 2. The topological polar surface area (TPSA) is 122 Å². The smallest absolute Gasteiger partial charge is 0.346 e. The first kappa shape index (κ1) is 17.5. The quantitative estimate of drug-likeness (QED) is 0.675. The number of aliphatic carboxylic acids is 2. The molecule has 2 rings (SSSR count). The summed E-state index contributed by atoms with van der Waals surface area (Å²) in [6.07, 6.45) is 0. The van der Waals surface area contributed by atoms with Gasteiger partial charge in [0.1, 0.15) is 0 Å². The number of benzene rings is 1. The van der Waals surface area contributed by atoms with Crippen LogP contribution in [0.1, 0.15) is 11.3 Å². The summed E-state index contributed by atoms with van der Waals surface area (Å²) in [6, 6.07) is 6.94. The summed E-state index contributed by atoms with van der Waals surface area (Å²) in [5, 5.41) is 22.0. The molecule has 1 aromatic carbocycles. The Labute approximate surface area is 142 Å². The Morgan fingerprint density at radius 2 is 1.75 bits per heavy atom. The molecule has 0 saturated heterocycles. The molecule has 9 heteroatoms. The molecule has 1 aromatic heterocycles. The zero-order chi connectivity index (χ0) is 17.9. The van der Waals surface area contributed by atoms with E-state index in [1.807, 2.05) is 0 Å². The second kappa shape index (κ2) is 6.71. The van der Waals surface area contributed by atoms with E-state index >= 15 is 0 Å². The summed E-state index contributed by atoms with van der Waals surface area (Å²) in [6.45, 7) is 1.64. The molecular formula is C15H14ClN3O5. The monoisotopic (exact) mass is 351 g/mol. The maximum absolute atomic E-state index is 11.8. The molecule has 3 N–H and O–H groups in total. The zero-order valence-corrected chi connectivity index (χ0v) is 13.5. The van der Waals surface area contributed by atoms with Gasteiger partial charge in [-0.1, -0.05) is 23.7 Å². The van der Waals surface area contributed by atoms with Crippen molar-refractivity contribution in [3.63, 3.8) is 0 Å². The summed E-state index contributed by atoms with van der Waals surface area (Å²) in [5.41, 5.74) is -2.04. The minimum absolute atomic E-state index is 0.0315. The number of nitrogens with zero attached hydrogens (tertiary/aromatic N) is 2. The highest BCUT2D eigenvalue weighted by Crippen LogP contribution is 2.28. The van der Waals surface area contributed by atoms with Crippen LogP contribution < -0.4 is 10.1 Å². The summed E-state index contributed by atoms with van der Waals surface area (Å²) >= 11 is 5.78. The van der Waals surface area contributed by atoms with Crippen molar-refractivity contribution in [2.75, 3.05) is 12.4 Å². The fraction of sp³-hybridized carbons (Fsp3) is 0.200. The largest absolute Gasteiger partial charge is 0.481 e. The van der Waals surface area contributed by atoms with Crippen LogP contribution in [0.15, 0.2) is 30.3 Å². The van der Waals surface area contributed by atoms with Crippen molar-refractivity contribution in [1.29, 1.82) is 0 Å². The molecule has 0 amide bonds. The zero-order valence-electron chi connectivity index (χ0n) is 12.8. The van der Waals surface area contributed by atoms with Gasteiger partial charge < -0.3 is 20.3 Å². The lowest BCUT2D eigenvalue weighted by Crippen LogP contribution is -2.50. The molecule has 8 nitrogen and oxygen atoms in total. The van der Waals surface area contributed by atoms with Crippen LogP contribution >= 0.6 is 11.6 Å². The maximum Gasteiger partial charge on any atom is 0.346 e. The number of hydrogen-bond acceptors (Lipinski definition) is 6. The summed E-state index contributed by atoms with van der Waals surface area (Å²) in [5.74, 6) is -3.26. The van der Waals surface area contributed by atoms with E-state index in [0.29, 0.717) is 10.7 Å². The molecule has 2 aromatic rings. The minimum atomic E-state index is -2.48. The average molecular weight is 352 g/mol. The van der Waals surface area contributed by atoms with Gasteiger partial charge in [-0.2, -0.15) is 4.98 Å². The SMILES string of the molecule is COc1cc(C)nc(NC(C(=O)O)(C(=O)O)c2ccc(Cl)cc2)n1. The lowest BCUT2D eigenvalue weighted by Gasteiger charge is -2.26. The van der Waals surface area contributed by atoms with E-state index in [-0.39, 0.29) is 17.4 Å². The van der Waals surface area contributed by atoms with Crippen LogP contribution in [0.25, 0.3) is 0 Å². The van der Waals surface area contributed by atoms with Crippen LogP contribution in [0.3, 0.4) is 0 Å². The van der Waals surface area contributed by atoms with Crippen molar-refractivity contribution >= 4 is 29.5 Å². The summed E-state index contributed by atoms with van der Waals surface area (Å²) in [4.78, 5) is 31.6. The first-order chi connectivity index (χ1) is 11.3. The van der Waals surface area contributed by atoms with Gasteiger partial charge in [-0.15, -0.1) is 0 Å². The maximum atomic E-state index is 11.8. The predicted octanol–water partition coefficient (Wildman–Crippen LogP) is 1.92. The molecule has 0 unspecified atom stereocenters. The second-order valence-corrected chi connectivity index (χ2v) is 5.30. The standard InChI is InChI=1S/C15H14ClN3O5/c1-8-7-11(24-2)18-14(17-8)19-15(12(20)21,13(22)23)9-3-5-10(16)6-4-9/h3-7H,1-2H3,(H,20,21)(H,22,23)(H,17,18,19). The Morgan fingerprint density at radius 3 is 2.25 bits per heavy atom. The number of ether oxygens (including phenoxy) is 1. The van der Waals surface area contributed by atoms with Gasteiger partial charge in [0.05, 0.1) is 7.11 Å². The van der Waals surface area contributed by atoms with Crippen molar-refractivity contribution < 1.29 is 24.5 Å². The van der Waals surface area contributed by atoms with Crippen LogP contribution in [-0.4, -0.2) is 39.2 Å². The number of methoxy groups -OCH3 is 1. The number of nitrogens with one attached hydrogen (secondary N) is 1. The van der Waals surface area contributed by atoms with Crippen LogP contribution in [0.5, 0.6) is 5.88 Å². The van der Waals surface area contributed by atoms with Crippen molar-refractivity contribution in [2.24, 2.45) is 0 Å². The Bertz CT molecular complexity index is 765. The molecule has 0 spiro atoms. The van der Waals surface area contributed by atoms with Gasteiger partial charge >= 0.3 is 11.9 Å². The van der Waals surface area contributed by atoms with Crippen molar-refractivity contribution in [3.8, 4) is 5.88 Å². The van der Waals surface area contributed by atoms with Crippen molar-refractivity contribution in [1.82, 2.24) is 9.97 Å². The molecule has 0 aliphatic rings. The van der Waals surface area contributed by atoms with Crippen LogP contribution in [0.4, 0.5) is 5.95 Å².